The number of benzene rings is 1. The molecule has 1 aromatic carbocycles. The van der Waals surface area contributed by atoms with Crippen molar-refractivity contribution in [3.05, 3.63) is 29.8 Å². The minimum Gasteiger partial charge on any atom is -0.384 e. The van der Waals surface area contributed by atoms with Gasteiger partial charge >= 0.3 is 0 Å². The molecule has 2 nitrogen and oxygen atoms in total. The first kappa shape index (κ1) is 15.5. The van der Waals surface area contributed by atoms with Crippen LogP contribution in [0.5, 0.6) is 0 Å². The van der Waals surface area contributed by atoms with Gasteiger partial charge in [-0.25, -0.2) is 0 Å². The van der Waals surface area contributed by atoms with Crippen LogP contribution in [0.15, 0.2) is 24.3 Å². The third-order valence-electron chi connectivity index (χ3n) is 6.90. The lowest BCUT2D eigenvalue weighted by atomic mass is 9.73. The van der Waals surface area contributed by atoms with Crippen LogP contribution >= 0.6 is 0 Å². The third kappa shape index (κ3) is 2.91. The Morgan fingerprint density at radius 2 is 1.83 bits per heavy atom. The minimum atomic E-state index is 0.423. The van der Waals surface area contributed by atoms with E-state index in [0.717, 1.165) is 18.5 Å². The van der Waals surface area contributed by atoms with Gasteiger partial charge in [0.05, 0.1) is 0 Å². The van der Waals surface area contributed by atoms with Crippen LogP contribution in [0, 0.1) is 5.92 Å². The van der Waals surface area contributed by atoms with Crippen molar-refractivity contribution in [1.82, 2.24) is 4.90 Å². The first-order valence-electron chi connectivity index (χ1n) is 9.88. The maximum absolute atomic E-state index is 3.66. The minimum absolute atomic E-state index is 0.423. The van der Waals surface area contributed by atoms with Gasteiger partial charge in [-0.2, -0.15) is 0 Å². The molecule has 3 aliphatic rings. The molecule has 1 saturated carbocycles. The van der Waals surface area contributed by atoms with Gasteiger partial charge in [0.1, 0.15) is 0 Å². The number of likely N-dealkylation sites (tertiary alicyclic amines) is 1. The van der Waals surface area contributed by atoms with E-state index in [9.17, 15) is 0 Å². The fraction of sp³-hybridized carbons (Fsp3) is 0.714. The molecular formula is C21H32N2. The molecule has 1 aromatic rings. The van der Waals surface area contributed by atoms with Crippen LogP contribution in [0.25, 0.3) is 0 Å². The van der Waals surface area contributed by atoms with Crippen molar-refractivity contribution in [2.45, 2.75) is 69.7 Å². The second-order valence-corrected chi connectivity index (χ2v) is 8.18. The van der Waals surface area contributed by atoms with E-state index in [0.29, 0.717) is 5.41 Å². The zero-order valence-electron chi connectivity index (χ0n) is 14.7. The number of piperidine rings is 1. The number of hydrogen-bond donors (Lipinski definition) is 1. The van der Waals surface area contributed by atoms with E-state index in [4.69, 9.17) is 0 Å². The standard InChI is InChI=1S/C21H32N2/c1-2-5-17-8-10-18(11-9-17)23-14-12-21(13-15-23)16-22-20-7-4-3-6-19(20)21/h3-4,6-7,17-18,22H,2,5,8-16H2,1H3. The monoisotopic (exact) mass is 312 g/mol. The summed E-state index contributed by atoms with van der Waals surface area (Å²) in [4.78, 5) is 2.83. The highest BCUT2D eigenvalue weighted by atomic mass is 15.2. The Bertz CT molecular complexity index is 522. The van der Waals surface area contributed by atoms with Crippen LogP contribution in [0.1, 0.15) is 63.9 Å². The van der Waals surface area contributed by atoms with Crippen LogP contribution in [0.3, 0.4) is 0 Å². The molecule has 2 heterocycles. The van der Waals surface area contributed by atoms with E-state index in [1.54, 1.807) is 5.56 Å². The first-order valence-corrected chi connectivity index (χ1v) is 9.88. The quantitative estimate of drug-likeness (QED) is 0.862. The van der Waals surface area contributed by atoms with E-state index < -0.39 is 0 Å². The van der Waals surface area contributed by atoms with Gasteiger partial charge in [0, 0.05) is 23.7 Å². The Balaban J connectivity index is 1.36. The molecular weight excluding hydrogens is 280 g/mol. The van der Waals surface area contributed by atoms with Crippen molar-refractivity contribution in [2.75, 3.05) is 25.0 Å². The summed E-state index contributed by atoms with van der Waals surface area (Å²) < 4.78 is 0. The van der Waals surface area contributed by atoms with E-state index in [1.165, 1.54) is 70.1 Å². The summed E-state index contributed by atoms with van der Waals surface area (Å²) in [6.07, 6.45) is 11.4. The number of hydrogen-bond acceptors (Lipinski definition) is 2. The van der Waals surface area contributed by atoms with Crippen LogP contribution in [0.4, 0.5) is 5.69 Å². The second-order valence-electron chi connectivity index (χ2n) is 8.18. The van der Waals surface area contributed by atoms with Crippen LogP contribution in [-0.2, 0) is 5.41 Å². The van der Waals surface area contributed by atoms with Crippen LogP contribution < -0.4 is 5.32 Å². The van der Waals surface area contributed by atoms with Crippen molar-refractivity contribution in [2.24, 2.45) is 5.92 Å². The zero-order chi connectivity index (χ0) is 15.7. The lowest BCUT2D eigenvalue weighted by molar-refractivity contribution is 0.0858. The van der Waals surface area contributed by atoms with Gasteiger partial charge in [-0.3, -0.25) is 0 Å². The molecule has 0 radical (unpaired) electrons. The Labute approximate surface area is 141 Å². The Morgan fingerprint density at radius 1 is 1.09 bits per heavy atom. The molecule has 0 unspecified atom stereocenters. The molecule has 1 saturated heterocycles. The fourth-order valence-electron chi connectivity index (χ4n) is 5.43. The van der Waals surface area contributed by atoms with Gasteiger partial charge in [0.2, 0.25) is 0 Å². The number of rotatable bonds is 3. The molecule has 1 N–H and O–H groups in total. The molecule has 2 heteroatoms. The van der Waals surface area contributed by atoms with Gasteiger partial charge in [-0.15, -0.1) is 0 Å². The average molecular weight is 313 g/mol. The fourth-order valence-corrected chi connectivity index (χ4v) is 5.43. The predicted molar refractivity (Wildman–Crippen MR) is 98.1 cm³/mol. The highest BCUT2D eigenvalue weighted by Gasteiger charge is 2.42. The lowest BCUT2D eigenvalue weighted by Crippen LogP contribution is -2.48. The second kappa shape index (κ2) is 6.47. The highest BCUT2D eigenvalue weighted by Crippen LogP contribution is 2.44. The molecule has 0 bridgehead atoms. The lowest BCUT2D eigenvalue weighted by Gasteiger charge is -2.44. The van der Waals surface area contributed by atoms with Crippen molar-refractivity contribution in [1.29, 1.82) is 0 Å². The number of nitrogens with one attached hydrogen (secondary N) is 1. The number of para-hydroxylation sites is 1. The SMILES string of the molecule is CCCC1CCC(N2CCC3(CC2)CNc2ccccc23)CC1. The smallest absolute Gasteiger partial charge is 0.0379 e. The van der Waals surface area contributed by atoms with Gasteiger partial charge in [-0.1, -0.05) is 38.0 Å². The van der Waals surface area contributed by atoms with E-state index >= 15 is 0 Å². The molecule has 2 aliphatic heterocycles. The summed E-state index contributed by atoms with van der Waals surface area (Å²) >= 11 is 0. The maximum Gasteiger partial charge on any atom is 0.0379 e. The molecule has 0 aromatic heterocycles. The molecule has 23 heavy (non-hydrogen) atoms. The largest absolute Gasteiger partial charge is 0.384 e. The Kier molecular flexibility index (Phi) is 4.36. The summed E-state index contributed by atoms with van der Waals surface area (Å²) in [6.45, 7) is 6.10. The van der Waals surface area contributed by atoms with Crippen molar-refractivity contribution >= 4 is 5.69 Å². The highest BCUT2D eigenvalue weighted by molar-refractivity contribution is 5.60. The molecule has 0 amide bonds. The molecule has 0 atom stereocenters. The topological polar surface area (TPSA) is 15.3 Å². The Hall–Kier alpha value is -1.02. The van der Waals surface area contributed by atoms with Crippen molar-refractivity contribution in [3.63, 3.8) is 0 Å². The average Bonchev–Trinajstić information content (AvgIpc) is 2.96. The van der Waals surface area contributed by atoms with Gasteiger partial charge < -0.3 is 10.2 Å². The van der Waals surface area contributed by atoms with Crippen molar-refractivity contribution < 1.29 is 0 Å². The maximum atomic E-state index is 3.66. The number of anilines is 1. The van der Waals surface area contributed by atoms with Crippen LogP contribution in [-0.4, -0.2) is 30.6 Å². The van der Waals surface area contributed by atoms with Gasteiger partial charge in [-0.05, 0) is 69.2 Å². The van der Waals surface area contributed by atoms with E-state index in [1.807, 2.05) is 0 Å². The van der Waals surface area contributed by atoms with Gasteiger partial charge in [0.15, 0.2) is 0 Å². The normalized spacial score (nSPS) is 30.1. The summed E-state index contributed by atoms with van der Waals surface area (Å²) in [7, 11) is 0. The summed E-state index contributed by atoms with van der Waals surface area (Å²) in [5, 5.41) is 3.66. The molecule has 4 rings (SSSR count). The molecule has 1 spiro atoms. The summed E-state index contributed by atoms with van der Waals surface area (Å²) in [6, 6.07) is 9.88. The van der Waals surface area contributed by atoms with Crippen molar-refractivity contribution in [3.8, 4) is 0 Å². The predicted octanol–water partition coefficient (Wildman–Crippen LogP) is 4.80. The summed E-state index contributed by atoms with van der Waals surface area (Å²) in [5.74, 6) is 1.03. The Morgan fingerprint density at radius 3 is 2.57 bits per heavy atom. The van der Waals surface area contributed by atoms with Gasteiger partial charge in [0.25, 0.3) is 0 Å². The number of fused-ring (bicyclic) bond motifs is 2. The number of nitrogens with zero attached hydrogens (tertiary/aromatic N) is 1. The zero-order valence-corrected chi connectivity index (χ0v) is 14.7. The molecule has 126 valence electrons. The van der Waals surface area contributed by atoms with E-state index in [2.05, 4.69) is 41.4 Å². The van der Waals surface area contributed by atoms with Crippen LogP contribution in [0.2, 0.25) is 0 Å². The molecule has 1 aliphatic carbocycles. The molecule has 2 fully saturated rings. The first-order chi connectivity index (χ1) is 11.3. The summed E-state index contributed by atoms with van der Waals surface area (Å²) in [5.41, 5.74) is 3.40. The van der Waals surface area contributed by atoms with E-state index in [-0.39, 0.29) is 0 Å². The third-order valence-corrected chi connectivity index (χ3v) is 6.90.